The first kappa shape index (κ1) is 22.1. The number of nitrogens with zero attached hydrogens (tertiary/aromatic N) is 2. The molecule has 1 aromatic heterocycles. The number of carbonyl (C=O) groups excluding carboxylic acids is 2. The van der Waals surface area contributed by atoms with Crippen LogP contribution in [-0.4, -0.2) is 21.2 Å². The van der Waals surface area contributed by atoms with Gasteiger partial charge in [-0.3, -0.25) is 9.59 Å². The lowest BCUT2D eigenvalue weighted by Gasteiger charge is -2.51. The Hall–Kier alpha value is -3.35. The zero-order chi connectivity index (χ0) is 24.2. The predicted octanol–water partition coefficient (Wildman–Crippen LogP) is 5.35. The topological polar surface area (TPSA) is 64.0 Å². The van der Waals surface area contributed by atoms with Crippen LogP contribution in [0.1, 0.15) is 62.1 Å². The Balaban J connectivity index is 1.12. The molecule has 0 radical (unpaired) electrons. The molecule has 2 aromatic carbocycles. The molecule has 2 bridgehead atoms. The minimum atomic E-state index is -0.916. The number of rotatable bonds is 6. The van der Waals surface area contributed by atoms with E-state index in [1.165, 1.54) is 11.6 Å². The van der Waals surface area contributed by atoms with Gasteiger partial charge in [-0.05, 0) is 61.8 Å². The quantitative estimate of drug-likeness (QED) is 0.523. The summed E-state index contributed by atoms with van der Waals surface area (Å²) in [6.07, 6.45) is 8.31. The summed E-state index contributed by atoms with van der Waals surface area (Å²) in [4.78, 5) is 31.1. The fraction of sp³-hybridized carbons (Fsp3) is 0.393. The van der Waals surface area contributed by atoms with Gasteiger partial charge in [0.1, 0.15) is 5.78 Å². The molecule has 180 valence electrons. The molecule has 1 N–H and O–H groups in total. The summed E-state index contributed by atoms with van der Waals surface area (Å²) in [5.74, 6) is -1.57. The maximum absolute atomic E-state index is 13.7. The molecule has 7 heteroatoms. The lowest BCUT2D eigenvalue weighted by molar-refractivity contribution is -0.149. The van der Waals surface area contributed by atoms with E-state index in [1.54, 1.807) is 0 Å². The van der Waals surface area contributed by atoms with Gasteiger partial charge in [-0.2, -0.15) is 0 Å². The number of halogens is 2. The lowest BCUT2D eigenvalue weighted by atomic mass is 9.51. The third-order valence-corrected chi connectivity index (χ3v) is 8.73. The molecule has 3 aromatic rings. The molecule has 4 aliphatic rings. The van der Waals surface area contributed by atoms with Gasteiger partial charge in [0.05, 0.1) is 24.3 Å². The number of hydrogen-bond acceptors (Lipinski definition) is 3. The van der Waals surface area contributed by atoms with E-state index in [2.05, 4.69) is 27.0 Å². The summed E-state index contributed by atoms with van der Waals surface area (Å²) in [5, 5.41) is 2.93. The molecule has 3 saturated carbocycles. The van der Waals surface area contributed by atoms with Gasteiger partial charge >= 0.3 is 0 Å². The van der Waals surface area contributed by atoms with Crippen LogP contribution in [-0.2, 0) is 16.1 Å². The van der Waals surface area contributed by atoms with Gasteiger partial charge in [0.25, 0.3) is 0 Å². The summed E-state index contributed by atoms with van der Waals surface area (Å²) in [7, 11) is 0. The van der Waals surface area contributed by atoms with Gasteiger partial charge in [0.2, 0.25) is 5.91 Å². The molecule has 0 saturated heterocycles. The molecule has 1 atom stereocenters. The molecule has 0 spiro atoms. The van der Waals surface area contributed by atoms with Gasteiger partial charge < -0.3 is 9.88 Å². The van der Waals surface area contributed by atoms with E-state index in [4.69, 9.17) is 0 Å². The number of hydrogen-bond donors (Lipinski definition) is 1. The number of fused-ring (bicyclic) bond motifs is 6. The third-order valence-electron chi connectivity index (χ3n) is 8.73. The highest BCUT2D eigenvalue weighted by Gasteiger charge is 2.55. The van der Waals surface area contributed by atoms with Crippen molar-refractivity contribution in [3.8, 4) is 11.3 Å². The molecule has 1 aliphatic heterocycles. The van der Waals surface area contributed by atoms with E-state index < -0.39 is 17.0 Å². The summed E-state index contributed by atoms with van der Waals surface area (Å²) in [6, 6.07) is 11.9. The molecule has 7 rings (SSSR count). The van der Waals surface area contributed by atoms with E-state index in [1.807, 2.05) is 24.7 Å². The molecule has 1 amide bonds. The van der Waals surface area contributed by atoms with Crippen LogP contribution in [0.2, 0.25) is 0 Å². The Labute approximate surface area is 202 Å². The number of Topliss-reactive ketones (excluding diaryl/α,β-unsaturated/α-hetero) is 1. The van der Waals surface area contributed by atoms with Gasteiger partial charge in [-0.1, -0.05) is 30.3 Å². The molecule has 5 nitrogen and oxygen atoms in total. The minimum Gasteiger partial charge on any atom is -0.352 e. The fourth-order valence-corrected chi connectivity index (χ4v) is 6.50. The third kappa shape index (κ3) is 3.51. The zero-order valence-electron chi connectivity index (χ0n) is 19.4. The number of aromatic nitrogens is 2. The largest absolute Gasteiger partial charge is 0.352 e. The second-order valence-electron chi connectivity index (χ2n) is 10.4. The Kier molecular flexibility index (Phi) is 5.13. The van der Waals surface area contributed by atoms with Crippen molar-refractivity contribution in [3.05, 3.63) is 77.8 Å². The molecule has 3 fully saturated rings. The maximum atomic E-state index is 13.7. The number of carbonyl (C=O) groups is 2. The molecular weight excluding hydrogens is 448 g/mol. The van der Waals surface area contributed by atoms with E-state index in [0.29, 0.717) is 31.2 Å². The lowest BCUT2D eigenvalue weighted by Crippen LogP contribution is -2.52. The van der Waals surface area contributed by atoms with Crippen molar-refractivity contribution in [2.45, 2.75) is 57.5 Å². The molecule has 35 heavy (non-hydrogen) atoms. The molecular formula is C28H27F2N3O2. The van der Waals surface area contributed by atoms with Crippen molar-refractivity contribution in [3.63, 3.8) is 0 Å². The molecule has 3 aliphatic carbocycles. The van der Waals surface area contributed by atoms with E-state index >= 15 is 0 Å². The van der Waals surface area contributed by atoms with Gasteiger partial charge in [0, 0.05) is 29.4 Å². The van der Waals surface area contributed by atoms with Crippen LogP contribution in [0.4, 0.5) is 8.78 Å². The van der Waals surface area contributed by atoms with Gasteiger partial charge in [0.15, 0.2) is 11.6 Å². The van der Waals surface area contributed by atoms with E-state index in [9.17, 15) is 18.4 Å². The minimum absolute atomic E-state index is 0.0291. The van der Waals surface area contributed by atoms with Crippen LogP contribution in [0.5, 0.6) is 0 Å². The van der Waals surface area contributed by atoms with Gasteiger partial charge in [-0.25, -0.2) is 13.8 Å². The average molecular weight is 476 g/mol. The Bertz CT molecular complexity index is 1310. The van der Waals surface area contributed by atoms with Crippen LogP contribution < -0.4 is 5.32 Å². The van der Waals surface area contributed by atoms with Crippen molar-refractivity contribution in [2.24, 2.45) is 10.8 Å². The fourth-order valence-electron chi connectivity index (χ4n) is 6.50. The van der Waals surface area contributed by atoms with Crippen molar-refractivity contribution in [1.82, 2.24) is 14.9 Å². The smallest absolute Gasteiger partial charge is 0.226 e. The number of ketones is 1. The van der Waals surface area contributed by atoms with Crippen LogP contribution in [0, 0.1) is 22.5 Å². The average Bonchev–Trinajstić information content (AvgIpc) is 3.48. The monoisotopic (exact) mass is 475 g/mol. The summed E-state index contributed by atoms with van der Waals surface area (Å²) in [6.45, 7) is 0.163. The Morgan fingerprint density at radius 2 is 1.69 bits per heavy atom. The Morgan fingerprint density at radius 3 is 2.43 bits per heavy atom. The van der Waals surface area contributed by atoms with E-state index in [0.717, 1.165) is 42.7 Å². The van der Waals surface area contributed by atoms with Crippen LogP contribution in [0.15, 0.2) is 55.0 Å². The SMILES string of the molecule is O=C(CC1c2ccccc2-c2cncn21)C12CCC(C(=O)NCc3ccc(F)c(F)c3)(CC1)CC2. The standard InChI is InChI=1S/C28H27F2N3O2/c29-21-6-5-18(13-22(21)30)15-32-26(35)28-10-7-27(8-11-28,9-12-28)25(34)14-23-19-3-1-2-4-20(19)24-16-31-17-33(23)24/h1-6,13,16-17,23H,7-12,14-15H2,(H,32,35). The van der Waals surface area contributed by atoms with Crippen molar-refractivity contribution in [1.29, 1.82) is 0 Å². The molecule has 2 heterocycles. The first-order valence-corrected chi connectivity index (χ1v) is 12.3. The maximum Gasteiger partial charge on any atom is 0.226 e. The number of benzene rings is 2. The highest BCUT2D eigenvalue weighted by molar-refractivity contribution is 5.89. The zero-order valence-corrected chi connectivity index (χ0v) is 19.4. The van der Waals surface area contributed by atoms with Crippen LogP contribution >= 0.6 is 0 Å². The highest BCUT2D eigenvalue weighted by atomic mass is 19.2. The second-order valence-corrected chi connectivity index (χ2v) is 10.4. The normalized spacial score (nSPS) is 26.3. The summed E-state index contributed by atoms with van der Waals surface area (Å²) >= 11 is 0. The highest BCUT2D eigenvalue weighted by Crippen LogP contribution is 2.58. The number of imidazole rings is 1. The summed E-state index contributed by atoms with van der Waals surface area (Å²) < 4.78 is 28.8. The number of nitrogens with one attached hydrogen (secondary N) is 1. The van der Waals surface area contributed by atoms with Gasteiger partial charge in [-0.15, -0.1) is 0 Å². The Morgan fingerprint density at radius 1 is 0.971 bits per heavy atom. The van der Waals surface area contributed by atoms with Crippen molar-refractivity contribution < 1.29 is 18.4 Å². The number of amides is 1. The van der Waals surface area contributed by atoms with Crippen LogP contribution in [0.25, 0.3) is 11.3 Å². The predicted molar refractivity (Wildman–Crippen MR) is 126 cm³/mol. The second kappa shape index (κ2) is 8.11. The van der Waals surface area contributed by atoms with Crippen molar-refractivity contribution in [2.75, 3.05) is 0 Å². The first-order chi connectivity index (χ1) is 16.9. The summed E-state index contributed by atoms with van der Waals surface area (Å²) in [5.41, 5.74) is 3.07. The van der Waals surface area contributed by atoms with Crippen LogP contribution in [0.3, 0.4) is 0 Å². The van der Waals surface area contributed by atoms with Crippen molar-refractivity contribution >= 4 is 11.7 Å². The van der Waals surface area contributed by atoms with E-state index in [-0.39, 0.29) is 29.7 Å². The molecule has 1 unspecified atom stereocenters. The first-order valence-electron chi connectivity index (χ1n) is 12.3.